The zero-order valence-corrected chi connectivity index (χ0v) is 11.7. The average Bonchev–Trinajstić information content (AvgIpc) is 2.65. The van der Waals surface area contributed by atoms with Crippen LogP contribution in [0.3, 0.4) is 0 Å². The normalized spacial score (nSPS) is 10.7. The highest BCUT2D eigenvalue weighted by atomic mass is 127. The van der Waals surface area contributed by atoms with E-state index in [1.807, 2.05) is 11.3 Å². The van der Waals surface area contributed by atoms with Crippen molar-refractivity contribution in [3.63, 3.8) is 0 Å². The van der Waals surface area contributed by atoms with Crippen LogP contribution in [0.2, 0.25) is 0 Å². The first-order valence-corrected chi connectivity index (χ1v) is 7.55. The molecule has 0 atom stereocenters. The third-order valence-electron chi connectivity index (χ3n) is 2.10. The minimum Gasteiger partial charge on any atom is -0.312 e. The Morgan fingerprint density at radius 3 is 2.71 bits per heavy atom. The van der Waals surface area contributed by atoms with Gasteiger partial charge >= 0.3 is 0 Å². The third-order valence-corrected chi connectivity index (χ3v) is 4.09. The van der Waals surface area contributed by atoms with Crippen molar-refractivity contribution in [2.75, 3.05) is 11.0 Å². The number of alkyl halides is 1. The molecule has 0 saturated carbocycles. The van der Waals surface area contributed by atoms with E-state index in [2.05, 4.69) is 47.0 Å². The Hall–Kier alpha value is 0.390. The van der Waals surface area contributed by atoms with Gasteiger partial charge in [-0.3, -0.25) is 0 Å². The number of hydrogen-bond donors (Lipinski definition) is 1. The molecule has 0 aliphatic rings. The molecule has 80 valence electrons. The van der Waals surface area contributed by atoms with E-state index in [1.54, 1.807) is 0 Å². The maximum absolute atomic E-state index is 3.48. The fraction of sp³-hybridized carbons (Fsp3) is 0.636. The predicted octanol–water partition coefficient (Wildman–Crippen LogP) is 3.62. The molecule has 1 rings (SSSR count). The number of unbranched alkanes of at least 4 members (excludes halogenated alkanes) is 1. The summed E-state index contributed by atoms with van der Waals surface area (Å²) in [6.07, 6.45) is 3.80. The van der Waals surface area contributed by atoms with Crippen molar-refractivity contribution in [2.45, 2.75) is 32.7 Å². The largest absolute Gasteiger partial charge is 0.312 e. The molecule has 0 unspecified atom stereocenters. The Morgan fingerprint density at radius 2 is 2.07 bits per heavy atom. The number of halogens is 1. The third kappa shape index (κ3) is 4.75. The Kier molecular flexibility index (Phi) is 6.81. The van der Waals surface area contributed by atoms with E-state index in [0.29, 0.717) is 0 Å². The summed E-state index contributed by atoms with van der Waals surface area (Å²) in [6.45, 7) is 4.41. The molecule has 0 radical (unpaired) electrons. The SMILES string of the molecule is CCc1ccc(CNCCCCI)s1. The van der Waals surface area contributed by atoms with Crippen LogP contribution in [0, 0.1) is 0 Å². The number of rotatable bonds is 7. The summed E-state index contributed by atoms with van der Waals surface area (Å²) >= 11 is 4.37. The van der Waals surface area contributed by atoms with Crippen molar-refractivity contribution >= 4 is 33.9 Å². The van der Waals surface area contributed by atoms with Gasteiger partial charge in [0.05, 0.1) is 0 Å². The fourth-order valence-electron chi connectivity index (χ4n) is 1.26. The summed E-state index contributed by atoms with van der Waals surface area (Å²) in [4.78, 5) is 2.96. The van der Waals surface area contributed by atoms with Gasteiger partial charge in [0.2, 0.25) is 0 Å². The van der Waals surface area contributed by atoms with Gasteiger partial charge in [-0.1, -0.05) is 29.5 Å². The summed E-state index contributed by atoms with van der Waals surface area (Å²) in [6, 6.07) is 4.49. The van der Waals surface area contributed by atoms with E-state index in [-0.39, 0.29) is 0 Å². The lowest BCUT2D eigenvalue weighted by Crippen LogP contribution is -2.13. The maximum Gasteiger partial charge on any atom is 0.0299 e. The van der Waals surface area contributed by atoms with Gasteiger partial charge in [0.15, 0.2) is 0 Å². The summed E-state index contributed by atoms with van der Waals surface area (Å²) in [5, 5.41) is 3.48. The molecule has 1 heterocycles. The minimum atomic E-state index is 1.05. The molecule has 0 aliphatic heterocycles. The molecule has 0 aliphatic carbocycles. The molecule has 1 N–H and O–H groups in total. The van der Waals surface area contributed by atoms with E-state index in [0.717, 1.165) is 13.1 Å². The van der Waals surface area contributed by atoms with Gasteiger partial charge in [-0.15, -0.1) is 11.3 Å². The van der Waals surface area contributed by atoms with E-state index in [1.165, 1.54) is 33.4 Å². The van der Waals surface area contributed by atoms with E-state index in [9.17, 15) is 0 Å². The maximum atomic E-state index is 3.48. The molecule has 0 spiro atoms. The number of thiophene rings is 1. The first-order valence-electron chi connectivity index (χ1n) is 5.21. The zero-order valence-electron chi connectivity index (χ0n) is 8.68. The Bertz CT molecular complexity index is 247. The Morgan fingerprint density at radius 1 is 1.29 bits per heavy atom. The Labute approximate surface area is 104 Å². The fourth-order valence-corrected chi connectivity index (χ4v) is 2.73. The molecule has 1 aromatic rings. The van der Waals surface area contributed by atoms with E-state index in [4.69, 9.17) is 0 Å². The first-order chi connectivity index (χ1) is 6.86. The zero-order chi connectivity index (χ0) is 10.2. The van der Waals surface area contributed by atoms with Crippen LogP contribution in [-0.2, 0) is 13.0 Å². The van der Waals surface area contributed by atoms with Gasteiger partial charge in [-0.2, -0.15) is 0 Å². The van der Waals surface area contributed by atoms with Crippen molar-refractivity contribution < 1.29 is 0 Å². The predicted molar refractivity (Wildman–Crippen MR) is 73.5 cm³/mol. The first kappa shape index (κ1) is 12.5. The van der Waals surface area contributed by atoms with Crippen LogP contribution < -0.4 is 5.32 Å². The Balaban J connectivity index is 2.12. The molecule has 14 heavy (non-hydrogen) atoms. The second kappa shape index (κ2) is 7.65. The number of aryl methyl sites for hydroxylation is 1. The van der Waals surface area contributed by atoms with Crippen LogP contribution in [-0.4, -0.2) is 11.0 Å². The smallest absolute Gasteiger partial charge is 0.0299 e. The molecule has 0 aromatic carbocycles. The second-order valence-corrected chi connectivity index (χ2v) is 5.63. The molecule has 0 bridgehead atoms. The summed E-state index contributed by atoms with van der Waals surface area (Å²) in [7, 11) is 0. The molecule has 0 amide bonds. The molecular formula is C11H18INS. The van der Waals surface area contributed by atoms with Gasteiger partial charge in [0.25, 0.3) is 0 Å². The molecule has 1 nitrogen and oxygen atoms in total. The molecule has 1 aromatic heterocycles. The monoisotopic (exact) mass is 323 g/mol. The van der Waals surface area contributed by atoms with Crippen LogP contribution >= 0.6 is 33.9 Å². The van der Waals surface area contributed by atoms with Gasteiger partial charge in [0, 0.05) is 16.3 Å². The lowest BCUT2D eigenvalue weighted by Gasteiger charge is -2.01. The van der Waals surface area contributed by atoms with E-state index >= 15 is 0 Å². The summed E-state index contributed by atoms with van der Waals surface area (Å²) in [5.41, 5.74) is 0. The van der Waals surface area contributed by atoms with E-state index < -0.39 is 0 Å². The standard InChI is InChI=1S/C11H18INS/c1-2-10-5-6-11(14-10)9-13-8-4-3-7-12/h5-6,13H,2-4,7-9H2,1H3. The lowest BCUT2D eigenvalue weighted by atomic mass is 10.3. The van der Waals surface area contributed by atoms with Gasteiger partial charge in [-0.05, 0) is 42.4 Å². The van der Waals surface area contributed by atoms with Gasteiger partial charge in [0.1, 0.15) is 0 Å². The van der Waals surface area contributed by atoms with Crippen molar-refractivity contribution in [3.8, 4) is 0 Å². The summed E-state index contributed by atoms with van der Waals surface area (Å²) in [5.74, 6) is 0. The number of hydrogen-bond acceptors (Lipinski definition) is 2. The van der Waals surface area contributed by atoms with Crippen molar-refractivity contribution in [3.05, 3.63) is 21.9 Å². The topological polar surface area (TPSA) is 12.0 Å². The molecule has 0 saturated heterocycles. The highest BCUT2D eigenvalue weighted by Crippen LogP contribution is 2.16. The molecule has 3 heteroatoms. The minimum absolute atomic E-state index is 1.05. The average molecular weight is 323 g/mol. The lowest BCUT2D eigenvalue weighted by molar-refractivity contribution is 0.650. The molecular weight excluding hydrogens is 305 g/mol. The van der Waals surface area contributed by atoms with Gasteiger partial charge < -0.3 is 5.32 Å². The van der Waals surface area contributed by atoms with Crippen molar-refractivity contribution in [1.29, 1.82) is 0 Å². The van der Waals surface area contributed by atoms with Crippen LogP contribution in [0.25, 0.3) is 0 Å². The van der Waals surface area contributed by atoms with Crippen LogP contribution in [0.5, 0.6) is 0 Å². The van der Waals surface area contributed by atoms with Crippen molar-refractivity contribution in [1.82, 2.24) is 5.32 Å². The van der Waals surface area contributed by atoms with Crippen LogP contribution in [0.1, 0.15) is 29.5 Å². The summed E-state index contributed by atoms with van der Waals surface area (Å²) < 4.78 is 1.28. The highest BCUT2D eigenvalue weighted by Gasteiger charge is 1.97. The quantitative estimate of drug-likeness (QED) is 0.459. The van der Waals surface area contributed by atoms with Crippen LogP contribution in [0.15, 0.2) is 12.1 Å². The highest BCUT2D eigenvalue weighted by molar-refractivity contribution is 14.1. The van der Waals surface area contributed by atoms with Crippen LogP contribution in [0.4, 0.5) is 0 Å². The van der Waals surface area contributed by atoms with Gasteiger partial charge in [-0.25, -0.2) is 0 Å². The second-order valence-electron chi connectivity index (χ2n) is 3.29. The number of nitrogens with one attached hydrogen (secondary N) is 1. The molecule has 0 fully saturated rings. The van der Waals surface area contributed by atoms with Crippen molar-refractivity contribution in [2.24, 2.45) is 0 Å².